The number of ether oxygens (including phenoxy) is 1. The monoisotopic (exact) mass is 458 g/mol. The molecule has 0 spiro atoms. The molecule has 1 saturated heterocycles. The van der Waals surface area contributed by atoms with Gasteiger partial charge in [-0.2, -0.15) is 0 Å². The molecule has 178 valence electrons. The molecule has 3 aromatic carbocycles. The normalized spacial score (nSPS) is 14.6. The summed E-state index contributed by atoms with van der Waals surface area (Å²) in [4.78, 5) is 15.0. The van der Waals surface area contributed by atoms with Gasteiger partial charge in [-0.15, -0.1) is 0 Å². The Kier molecular flexibility index (Phi) is 8.68. The molecule has 0 saturated carbocycles. The number of carbonyl (C=O) groups excluding carboxylic acids is 1. The molecular formula is C28H34N4O2. The van der Waals surface area contributed by atoms with Crippen LogP contribution in [0.5, 0.6) is 0 Å². The summed E-state index contributed by atoms with van der Waals surface area (Å²) in [5, 5.41) is 6.45. The number of rotatable bonds is 9. The van der Waals surface area contributed by atoms with Crippen LogP contribution in [-0.2, 0) is 17.8 Å². The van der Waals surface area contributed by atoms with E-state index in [4.69, 9.17) is 10.5 Å². The van der Waals surface area contributed by atoms with Gasteiger partial charge in [0, 0.05) is 44.8 Å². The molecule has 0 bridgehead atoms. The van der Waals surface area contributed by atoms with Gasteiger partial charge in [-0.1, -0.05) is 72.8 Å². The van der Waals surface area contributed by atoms with Gasteiger partial charge in [-0.05, 0) is 35.6 Å². The van der Waals surface area contributed by atoms with Crippen LogP contribution in [0, 0.1) is 0 Å². The fraction of sp³-hybridized carbons (Fsp3) is 0.321. The number of nitrogens with zero attached hydrogens (tertiary/aromatic N) is 1. The summed E-state index contributed by atoms with van der Waals surface area (Å²) in [6.07, 6.45) is 1.28. The summed E-state index contributed by atoms with van der Waals surface area (Å²) in [5.41, 5.74) is 10.9. The molecule has 1 aliphatic rings. The molecule has 1 heterocycles. The smallest absolute Gasteiger partial charge is 0.411 e. The second-order valence-electron chi connectivity index (χ2n) is 8.68. The standard InChI is InChI=1S/C28H34N4O2/c29-20-22-10-12-23(13-11-22)21-30-16-19-32-17-14-25(15-18-32)34-28(33)31-27-9-5-4-8-26(27)24-6-2-1-3-7-24/h1-13,25,30H,14-21,29H2,(H,31,33). The molecule has 0 radical (unpaired) electrons. The number of carbonyl (C=O) groups is 1. The van der Waals surface area contributed by atoms with Crippen LogP contribution in [0.3, 0.4) is 0 Å². The van der Waals surface area contributed by atoms with Gasteiger partial charge in [-0.25, -0.2) is 4.79 Å². The highest BCUT2D eigenvalue weighted by molar-refractivity contribution is 5.91. The van der Waals surface area contributed by atoms with E-state index in [-0.39, 0.29) is 12.2 Å². The van der Waals surface area contributed by atoms with E-state index in [1.54, 1.807) is 0 Å². The number of anilines is 1. The lowest BCUT2D eigenvalue weighted by molar-refractivity contribution is 0.0592. The van der Waals surface area contributed by atoms with E-state index >= 15 is 0 Å². The van der Waals surface area contributed by atoms with Gasteiger partial charge < -0.3 is 20.7 Å². The lowest BCUT2D eigenvalue weighted by atomic mass is 10.0. The number of hydrogen-bond acceptors (Lipinski definition) is 5. The minimum Gasteiger partial charge on any atom is -0.446 e. The highest BCUT2D eigenvalue weighted by Crippen LogP contribution is 2.28. The van der Waals surface area contributed by atoms with Crippen LogP contribution in [-0.4, -0.2) is 43.3 Å². The van der Waals surface area contributed by atoms with Crippen LogP contribution in [0.25, 0.3) is 11.1 Å². The number of para-hydroxylation sites is 1. The Balaban J connectivity index is 1.16. The first-order valence-electron chi connectivity index (χ1n) is 12.0. The lowest BCUT2D eigenvalue weighted by Gasteiger charge is -2.31. The van der Waals surface area contributed by atoms with Gasteiger partial charge in [0.15, 0.2) is 0 Å². The molecule has 4 rings (SSSR count). The molecule has 6 heteroatoms. The number of piperidine rings is 1. The maximum Gasteiger partial charge on any atom is 0.411 e. The van der Waals surface area contributed by atoms with Crippen molar-refractivity contribution >= 4 is 11.8 Å². The fourth-order valence-corrected chi connectivity index (χ4v) is 4.27. The third-order valence-corrected chi connectivity index (χ3v) is 6.25. The number of likely N-dealkylation sites (tertiary alicyclic amines) is 1. The van der Waals surface area contributed by atoms with Crippen molar-refractivity contribution in [1.29, 1.82) is 0 Å². The van der Waals surface area contributed by atoms with Crippen molar-refractivity contribution in [3.05, 3.63) is 90.0 Å². The third-order valence-electron chi connectivity index (χ3n) is 6.25. The molecular weight excluding hydrogens is 424 g/mol. The Hall–Kier alpha value is -3.19. The third kappa shape index (κ3) is 6.90. The Bertz CT molecular complexity index is 1030. The zero-order valence-corrected chi connectivity index (χ0v) is 19.6. The van der Waals surface area contributed by atoms with Crippen LogP contribution in [0.15, 0.2) is 78.9 Å². The van der Waals surface area contributed by atoms with Crippen molar-refractivity contribution in [3.8, 4) is 11.1 Å². The zero-order valence-electron chi connectivity index (χ0n) is 19.6. The molecule has 1 fully saturated rings. The van der Waals surface area contributed by atoms with Gasteiger partial charge in [0.2, 0.25) is 0 Å². The van der Waals surface area contributed by atoms with Crippen LogP contribution >= 0.6 is 0 Å². The molecule has 4 N–H and O–H groups in total. The van der Waals surface area contributed by atoms with Crippen molar-refractivity contribution in [1.82, 2.24) is 10.2 Å². The highest BCUT2D eigenvalue weighted by Gasteiger charge is 2.22. The van der Waals surface area contributed by atoms with Crippen LogP contribution in [0.1, 0.15) is 24.0 Å². The Morgan fingerprint density at radius 2 is 1.59 bits per heavy atom. The summed E-state index contributed by atoms with van der Waals surface area (Å²) in [6, 6.07) is 26.3. The second-order valence-corrected chi connectivity index (χ2v) is 8.68. The topological polar surface area (TPSA) is 79.6 Å². The van der Waals surface area contributed by atoms with E-state index in [1.807, 2.05) is 54.6 Å². The average Bonchev–Trinajstić information content (AvgIpc) is 2.89. The van der Waals surface area contributed by atoms with Gasteiger partial charge in [0.25, 0.3) is 0 Å². The lowest BCUT2D eigenvalue weighted by Crippen LogP contribution is -2.41. The first-order valence-corrected chi connectivity index (χ1v) is 12.0. The highest BCUT2D eigenvalue weighted by atomic mass is 16.6. The quantitative estimate of drug-likeness (QED) is 0.408. The summed E-state index contributed by atoms with van der Waals surface area (Å²) < 4.78 is 5.74. The summed E-state index contributed by atoms with van der Waals surface area (Å²) in [5.74, 6) is 0. The first kappa shape index (κ1) is 24.0. The van der Waals surface area contributed by atoms with Crippen molar-refractivity contribution in [2.24, 2.45) is 5.73 Å². The average molecular weight is 459 g/mol. The maximum atomic E-state index is 12.6. The predicted molar refractivity (Wildman–Crippen MR) is 137 cm³/mol. The van der Waals surface area contributed by atoms with Crippen molar-refractivity contribution in [3.63, 3.8) is 0 Å². The number of benzene rings is 3. The molecule has 0 unspecified atom stereocenters. The van der Waals surface area contributed by atoms with Gasteiger partial charge >= 0.3 is 6.09 Å². The molecule has 6 nitrogen and oxygen atoms in total. The van der Waals surface area contributed by atoms with Crippen LogP contribution < -0.4 is 16.4 Å². The van der Waals surface area contributed by atoms with E-state index < -0.39 is 0 Å². The predicted octanol–water partition coefficient (Wildman–Crippen LogP) is 4.62. The molecule has 0 aliphatic carbocycles. The van der Waals surface area contributed by atoms with E-state index in [9.17, 15) is 4.79 Å². The molecule has 0 atom stereocenters. The molecule has 1 aliphatic heterocycles. The zero-order chi connectivity index (χ0) is 23.6. The second kappa shape index (κ2) is 12.3. The van der Waals surface area contributed by atoms with E-state index in [0.29, 0.717) is 6.54 Å². The first-order chi connectivity index (χ1) is 16.7. The summed E-state index contributed by atoms with van der Waals surface area (Å²) in [7, 11) is 0. The Labute approximate surface area is 202 Å². The Morgan fingerprint density at radius 1 is 0.912 bits per heavy atom. The van der Waals surface area contributed by atoms with Gasteiger partial charge in [0.05, 0.1) is 5.69 Å². The van der Waals surface area contributed by atoms with Crippen molar-refractivity contribution in [2.75, 3.05) is 31.5 Å². The minimum atomic E-state index is -0.385. The molecule has 1 amide bonds. The maximum absolute atomic E-state index is 12.6. The number of nitrogens with one attached hydrogen (secondary N) is 2. The summed E-state index contributed by atoms with van der Waals surface area (Å²) in [6.45, 7) is 5.23. The van der Waals surface area contributed by atoms with Crippen molar-refractivity contribution < 1.29 is 9.53 Å². The van der Waals surface area contributed by atoms with Gasteiger partial charge in [-0.3, -0.25) is 5.32 Å². The van der Waals surface area contributed by atoms with Crippen LogP contribution in [0.2, 0.25) is 0 Å². The van der Waals surface area contributed by atoms with E-state index in [1.165, 1.54) is 5.56 Å². The van der Waals surface area contributed by atoms with Gasteiger partial charge in [0.1, 0.15) is 6.10 Å². The number of hydrogen-bond donors (Lipinski definition) is 3. The Morgan fingerprint density at radius 3 is 2.32 bits per heavy atom. The number of amides is 1. The van der Waals surface area contributed by atoms with E-state index in [2.05, 4.69) is 39.8 Å². The van der Waals surface area contributed by atoms with E-state index in [0.717, 1.165) is 67.9 Å². The fourth-order valence-electron chi connectivity index (χ4n) is 4.27. The van der Waals surface area contributed by atoms with Crippen LogP contribution in [0.4, 0.5) is 10.5 Å². The summed E-state index contributed by atoms with van der Waals surface area (Å²) >= 11 is 0. The number of nitrogens with two attached hydrogens (primary N) is 1. The van der Waals surface area contributed by atoms with Crippen molar-refractivity contribution in [2.45, 2.75) is 32.0 Å². The largest absolute Gasteiger partial charge is 0.446 e. The minimum absolute atomic E-state index is 0.0471. The SMILES string of the molecule is NCc1ccc(CNCCN2CCC(OC(=O)Nc3ccccc3-c3ccccc3)CC2)cc1. The molecule has 34 heavy (non-hydrogen) atoms. The molecule has 3 aromatic rings. The molecule has 0 aromatic heterocycles.